The van der Waals surface area contributed by atoms with Gasteiger partial charge in [-0.3, -0.25) is 0 Å². The van der Waals surface area contributed by atoms with Gasteiger partial charge in [-0.25, -0.2) is 4.98 Å². The van der Waals surface area contributed by atoms with Crippen molar-refractivity contribution >= 4 is 23.2 Å². The van der Waals surface area contributed by atoms with Gasteiger partial charge < -0.3 is 14.4 Å². The van der Waals surface area contributed by atoms with E-state index in [2.05, 4.69) is 65.9 Å². The van der Waals surface area contributed by atoms with Crippen LogP contribution in [0.2, 0.25) is 0 Å². The van der Waals surface area contributed by atoms with Crippen molar-refractivity contribution in [3.05, 3.63) is 70.5 Å². The predicted octanol–water partition coefficient (Wildman–Crippen LogP) is 5.94. The molecule has 2 aromatic carbocycles. The van der Waals surface area contributed by atoms with Crippen LogP contribution in [0.4, 0.5) is 5.82 Å². The molecular formula is C28H30N4O2S. The summed E-state index contributed by atoms with van der Waals surface area (Å²) in [4.78, 5) is 8.93. The van der Waals surface area contributed by atoms with E-state index in [0.29, 0.717) is 19.3 Å². The lowest BCUT2D eigenvalue weighted by Crippen LogP contribution is -2.29. The molecule has 0 atom stereocenters. The number of aryl methyl sites for hydroxylation is 2. The number of rotatable bonds is 7. The van der Waals surface area contributed by atoms with E-state index in [-0.39, 0.29) is 0 Å². The van der Waals surface area contributed by atoms with Gasteiger partial charge in [0.15, 0.2) is 5.65 Å². The molecule has 0 spiro atoms. The van der Waals surface area contributed by atoms with Crippen LogP contribution in [0.5, 0.6) is 5.75 Å². The van der Waals surface area contributed by atoms with Gasteiger partial charge in [0.05, 0.1) is 31.7 Å². The minimum Gasteiger partial charge on any atom is -0.497 e. The van der Waals surface area contributed by atoms with Crippen molar-refractivity contribution in [2.24, 2.45) is 0 Å². The Hall–Kier alpha value is -3.03. The molecule has 0 bridgehead atoms. The van der Waals surface area contributed by atoms with Crippen LogP contribution < -0.4 is 9.64 Å². The second-order valence-electron chi connectivity index (χ2n) is 9.44. The van der Waals surface area contributed by atoms with Crippen LogP contribution in [0.3, 0.4) is 0 Å². The van der Waals surface area contributed by atoms with Gasteiger partial charge in [-0.05, 0) is 73.9 Å². The van der Waals surface area contributed by atoms with Crippen molar-refractivity contribution in [1.82, 2.24) is 14.6 Å². The summed E-state index contributed by atoms with van der Waals surface area (Å²) in [7, 11) is 1.70. The Bertz CT molecular complexity index is 1410. The SMILES string of the molecule is COc1ccc(-c2c(C)nn3c(N(Cc4ccc(SC)cc4)C4CC4)c4c(nc23)COC4)c(C)c1. The van der Waals surface area contributed by atoms with Crippen molar-refractivity contribution in [2.75, 3.05) is 18.3 Å². The second-order valence-corrected chi connectivity index (χ2v) is 10.3. The fraction of sp³-hybridized carbons (Fsp3) is 0.357. The molecule has 2 aliphatic rings. The summed E-state index contributed by atoms with van der Waals surface area (Å²) in [6, 6.07) is 15.6. The molecule has 0 N–H and O–H groups in total. The summed E-state index contributed by atoms with van der Waals surface area (Å²) in [5, 5.41) is 5.07. The maximum absolute atomic E-state index is 5.91. The lowest BCUT2D eigenvalue weighted by Gasteiger charge is -2.27. The molecule has 2 aromatic heterocycles. The van der Waals surface area contributed by atoms with Crippen molar-refractivity contribution in [3.63, 3.8) is 0 Å². The minimum atomic E-state index is 0.515. The summed E-state index contributed by atoms with van der Waals surface area (Å²) >= 11 is 1.77. The molecule has 1 saturated carbocycles. The molecule has 0 amide bonds. The number of aromatic nitrogens is 3. The van der Waals surface area contributed by atoms with E-state index >= 15 is 0 Å². The summed E-state index contributed by atoms with van der Waals surface area (Å²) in [5.41, 5.74) is 8.77. The Labute approximate surface area is 210 Å². The Kier molecular flexibility index (Phi) is 5.69. The Morgan fingerprint density at radius 3 is 2.60 bits per heavy atom. The molecule has 3 heterocycles. The Balaban J connectivity index is 1.52. The molecule has 0 saturated heterocycles. The van der Waals surface area contributed by atoms with Gasteiger partial charge in [-0.1, -0.05) is 18.2 Å². The maximum atomic E-state index is 5.91. The van der Waals surface area contributed by atoms with Crippen molar-refractivity contribution in [1.29, 1.82) is 0 Å². The van der Waals surface area contributed by atoms with Crippen LogP contribution in [0.15, 0.2) is 47.4 Å². The average Bonchev–Trinajstić information content (AvgIpc) is 3.52. The average molecular weight is 487 g/mol. The molecule has 1 fully saturated rings. The standard InChI is InChI=1S/C28H30N4O2S/c1-17-13-21(33-3)9-12-23(17)26-18(2)30-32-27(26)29-25-16-34-15-24(25)28(32)31(20-7-8-20)14-19-5-10-22(35-4)11-6-19/h5-6,9-13,20H,7-8,14-16H2,1-4H3. The van der Waals surface area contributed by atoms with Crippen LogP contribution in [0, 0.1) is 13.8 Å². The number of ether oxygens (including phenoxy) is 2. The summed E-state index contributed by atoms with van der Waals surface area (Å²) in [6.07, 6.45) is 4.52. The van der Waals surface area contributed by atoms with E-state index in [1.54, 1.807) is 18.9 Å². The van der Waals surface area contributed by atoms with E-state index in [1.165, 1.54) is 28.9 Å². The van der Waals surface area contributed by atoms with Gasteiger partial charge in [0, 0.05) is 28.6 Å². The number of benzene rings is 2. The highest BCUT2D eigenvalue weighted by Crippen LogP contribution is 2.41. The first kappa shape index (κ1) is 22.4. The third kappa shape index (κ3) is 3.96. The largest absolute Gasteiger partial charge is 0.497 e. The van der Waals surface area contributed by atoms with Gasteiger partial charge in [-0.15, -0.1) is 11.8 Å². The molecule has 180 valence electrons. The first-order valence-electron chi connectivity index (χ1n) is 12.1. The van der Waals surface area contributed by atoms with E-state index in [4.69, 9.17) is 19.6 Å². The Morgan fingerprint density at radius 1 is 1.11 bits per heavy atom. The number of fused-ring (bicyclic) bond motifs is 2. The predicted molar refractivity (Wildman–Crippen MR) is 140 cm³/mol. The summed E-state index contributed by atoms with van der Waals surface area (Å²) < 4.78 is 13.4. The highest BCUT2D eigenvalue weighted by molar-refractivity contribution is 7.98. The van der Waals surface area contributed by atoms with Crippen LogP contribution in [0.25, 0.3) is 16.8 Å². The molecule has 4 aromatic rings. The number of nitrogens with zero attached hydrogens (tertiary/aromatic N) is 4. The second kappa shape index (κ2) is 8.88. The summed E-state index contributed by atoms with van der Waals surface area (Å²) in [5.74, 6) is 2.00. The molecule has 0 unspecified atom stereocenters. The lowest BCUT2D eigenvalue weighted by molar-refractivity contribution is 0.133. The van der Waals surface area contributed by atoms with E-state index in [9.17, 15) is 0 Å². The minimum absolute atomic E-state index is 0.515. The lowest BCUT2D eigenvalue weighted by atomic mass is 10.0. The summed E-state index contributed by atoms with van der Waals surface area (Å²) in [6.45, 7) is 6.18. The van der Waals surface area contributed by atoms with Gasteiger partial charge in [-0.2, -0.15) is 9.61 Å². The third-order valence-electron chi connectivity index (χ3n) is 7.06. The quantitative estimate of drug-likeness (QED) is 0.301. The topological polar surface area (TPSA) is 51.9 Å². The molecular weight excluding hydrogens is 456 g/mol. The monoisotopic (exact) mass is 486 g/mol. The maximum Gasteiger partial charge on any atom is 0.165 e. The number of anilines is 1. The molecule has 35 heavy (non-hydrogen) atoms. The smallest absolute Gasteiger partial charge is 0.165 e. The number of methoxy groups -OCH3 is 1. The Morgan fingerprint density at radius 2 is 1.91 bits per heavy atom. The van der Waals surface area contributed by atoms with Crippen LogP contribution in [-0.2, 0) is 24.5 Å². The highest BCUT2D eigenvalue weighted by atomic mass is 32.2. The number of hydrogen-bond acceptors (Lipinski definition) is 6. The zero-order valence-electron chi connectivity index (χ0n) is 20.7. The van der Waals surface area contributed by atoms with Gasteiger partial charge in [0.1, 0.15) is 11.6 Å². The van der Waals surface area contributed by atoms with E-state index < -0.39 is 0 Å². The van der Waals surface area contributed by atoms with Crippen LogP contribution in [0.1, 0.15) is 40.9 Å². The first-order valence-corrected chi connectivity index (χ1v) is 13.3. The normalized spacial score (nSPS) is 15.0. The van der Waals surface area contributed by atoms with E-state index in [0.717, 1.165) is 51.8 Å². The molecule has 6 nitrogen and oxygen atoms in total. The van der Waals surface area contributed by atoms with E-state index in [1.807, 2.05) is 6.07 Å². The zero-order chi connectivity index (χ0) is 24.1. The van der Waals surface area contributed by atoms with Crippen LogP contribution in [-0.4, -0.2) is 34.0 Å². The molecule has 1 aliphatic heterocycles. The van der Waals surface area contributed by atoms with Crippen LogP contribution >= 0.6 is 11.8 Å². The molecule has 1 aliphatic carbocycles. The molecule has 6 rings (SSSR count). The number of thioether (sulfide) groups is 1. The molecule has 0 radical (unpaired) electrons. The van der Waals surface area contributed by atoms with Crippen molar-refractivity contribution in [2.45, 2.75) is 57.4 Å². The highest BCUT2D eigenvalue weighted by Gasteiger charge is 2.35. The third-order valence-corrected chi connectivity index (χ3v) is 7.80. The van der Waals surface area contributed by atoms with Crippen molar-refractivity contribution in [3.8, 4) is 16.9 Å². The van der Waals surface area contributed by atoms with Gasteiger partial charge >= 0.3 is 0 Å². The number of hydrogen-bond donors (Lipinski definition) is 0. The zero-order valence-corrected chi connectivity index (χ0v) is 21.5. The van der Waals surface area contributed by atoms with Gasteiger partial charge in [0.2, 0.25) is 0 Å². The first-order chi connectivity index (χ1) is 17.1. The van der Waals surface area contributed by atoms with Gasteiger partial charge in [0.25, 0.3) is 0 Å². The fourth-order valence-corrected chi connectivity index (χ4v) is 5.49. The molecule has 7 heteroatoms. The van der Waals surface area contributed by atoms with Crippen molar-refractivity contribution < 1.29 is 9.47 Å². The fourth-order valence-electron chi connectivity index (χ4n) is 5.08.